The molecule has 1 heterocycles. The van der Waals surface area contributed by atoms with Crippen LogP contribution in [0, 0.1) is 0 Å². The first-order chi connectivity index (χ1) is 10.7. The molecule has 1 aliphatic rings. The molecule has 0 aromatic rings. The van der Waals surface area contributed by atoms with Crippen molar-refractivity contribution < 1.29 is 9.53 Å². The number of nitrogens with one attached hydrogen (secondary N) is 2. The first-order valence-corrected chi connectivity index (χ1v) is 8.63. The molecule has 0 bridgehead atoms. The lowest BCUT2D eigenvalue weighted by Gasteiger charge is -2.21. The number of halogens is 1. The second-order valence-corrected chi connectivity index (χ2v) is 5.48. The predicted octanol–water partition coefficient (Wildman–Crippen LogP) is 1.99. The van der Waals surface area contributed by atoms with Gasteiger partial charge in [0.15, 0.2) is 5.96 Å². The van der Waals surface area contributed by atoms with E-state index < -0.39 is 0 Å². The van der Waals surface area contributed by atoms with E-state index in [1.54, 1.807) is 0 Å². The van der Waals surface area contributed by atoms with E-state index in [1.807, 2.05) is 6.92 Å². The van der Waals surface area contributed by atoms with Crippen molar-refractivity contribution in [1.29, 1.82) is 0 Å². The Morgan fingerprint density at radius 1 is 1.30 bits per heavy atom. The first kappa shape index (κ1) is 22.4. The normalized spacial score (nSPS) is 18.4. The van der Waals surface area contributed by atoms with Crippen LogP contribution >= 0.6 is 24.0 Å². The zero-order valence-electron chi connectivity index (χ0n) is 14.8. The van der Waals surface area contributed by atoms with Gasteiger partial charge < -0.3 is 15.4 Å². The summed E-state index contributed by atoms with van der Waals surface area (Å²) in [6.45, 7) is 11.2. The van der Waals surface area contributed by atoms with Gasteiger partial charge in [0.1, 0.15) is 0 Å². The van der Waals surface area contributed by atoms with Crippen LogP contribution in [-0.4, -0.2) is 62.2 Å². The summed E-state index contributed by atoms with van der Waals surface area (Å²) in [6, 6.07) is 0.569. The quantitative estimate of drug-likeness (QED) is 0.189. The first-order valence-electron chi connectivity index (χ1n) is 8.63. The third-order valence-electron chi connectivity index (χ3n) is 3.87. The molecule has 1 fully saturated rings. The van der Waals surface area contributed by atoms with Crippen molar-refractivity contribution in [3.63, 3.8) is 0 Å². The minimum absolute atomic E-state index is 0. The molecule has 1 unspecified atom stereocenters. The number of likely N-dealkylation sites (tertiary alicyclic amines) is 1. The van der Waals surface area contributed by atoms with Crippen LogP contribution in [0.4, 0.5) is 0 Å². The van der Waals surface area contributed by atoms with Crippen molar-refractivity contribution in [1.82, 2.24) is 15.5 Å². The van der Waals surface area contributed by atoms with Gasteiger partial charge in [0.05, 0.1) is 13.2 Å². The van der Waals surface area contributed by atoms with Crippen molar-refractivity contribution in [2.45, 2.75) is 52.5 Å². The van der Waals surface area contributed by atoms with E-state index in [9.17, 15) is 4.79 Å². The Morgan fingerprint density at radius 2 is 2.09 bits per heavy atom. The number of aliphatic imine (C=N–C) groups is 1. The van der Waals surface area contributed by atoms with Gasteiger partial charge in [-0.1, -0.05) is 6.92 Å². The van der Waals surface area contributed by atoms with E-state index in [2.05, 4.69) is 34.4 Å². The van der Waals surface area contributed by atoms with Gasteiger partial charge in [-0.05, 0) is 46.2 Å². The number of nitrogens with zero attached hydrogens (tertiary/aromatic N) is 2. The molecule has 0 aromatic carbocycles. The topological polar surface area (TPSA) is 66.0 Å². The summed E-state index contributed by atoms with van der Waals surface area (Å²) in [4.78, 5) is 18.5. The lowest BCUT2D eigenvalue weighted by molar-refractivity contribution is -0.143. The van der Waals surface area contributed by atoms with Crippen LogP contribution in [0.25, 0.3) is 0 Å². The molecule has 0 amide bonds. The average Bonchev–Trinajstić information content (AvgIpc) is 2.96. The third kappa shape index (κ3) is 9.34. The Labute approximate surface area is 157 Å². The Kier molecular flexibility index (Phi) is 13.5. The summed E-state index contributed by atoms with van der Waals surface area (Å²) in [5, 5.41) is 6.54. The third-order valence-corrected chi connectivity index (χ3v) is 3.87. The number of esters is 1. The molecule has 2 N–H and O–H groups in total. The number of carbonyl (C=O) groups is 1. The van der Waals surface area contributed by atoms with Crippen LogP contribution in [0.3, 0.4) is 0 Å². The standard InChI is InChI=1S/C16H32N4O2.HI/c1-4-17-16(18-11-7-10-15(21)22-6-3)19-13-14-9-8-12-20(14)5-2;/h14H,4-13H2,1-3H3,(H2,17,18,19);1H. The molecule has 6 nitrogen and oxygen atoms in total. The van der Waals surface area contributed by atoms with Crippen molar-refractivity contribution in [3.05, 3.63) is 0 Å². The second kappa shape index (κ2) is 13.8. The highest BCUT2D eigenvalue weighted by atomic mass is 127. The fourth-order valence-corrected chi connectivity index (χ4v) is 2.73. The van der Waals surface area contributed by atoms with Gasteiger partial charge in [-0.3, -0.25) is 14.7 Å². The van der Waals surface area contributed by atoms with E-state index in [-0.39, 0.29) is 29.9 Å². The van der Waals surface area contributed by atoms with Crippen LogP contribution in [-0.2, 0) is 9.53 Å². The molecule has 0 spiro atoms. The van der Waals surface area contributed by atoms with E-state index in [0.29, 0.717) is 19.1 Å². The molecule has 1 saturated heterocycles. The molecule has 0 aromatic heterocycles. The van der Waals surface area contributed by atoms with E-state index in [1.165, 1.54) is 19.4 Å². The number of ether oxygens (including phenoxy) is 1. The fraction of sp³-hybridized carbons (Fsp3) is 0.875. The van der Waals surface area contributed by atoms with E-state index in [0.717, 1.165) is 38.6 Å². The lowest BCUT2D eigenvalue weighted by Crippen LogP contribution is -2.39. The Bertz CT molecular complexity index is 353. The molecule has 1 aliphatic heterocycles. The predicted molar refractivity (Wildman–Crippen MR) is 106 cm³/mol. The largest absolute Gasteiger partial charge is 0.466 e. The number of likely N-dealkylation sites (N-methyl/N-ethyl adjacent to an activating group) is 1. The molecule has 1 rings (SSSR count). The van der Waals surface area contributed by atoms with Gasteiger partial charge in [-0.15, -0.1) is 24.0 Å². The molecular weight excluding hydrogens is 407 g/mol. The van der Waals surface area contributed by atoms with Crippen LogP contribution in [0.2, 0.25) is 0 Å². The van der Waals surface area contributed by atoms with Crippen molar-refractivity contribution in [2.24, 2.45) is 4.99 Å². The highest BCUT2D eigenvalue weighted by Gasteiger charge is 2.22. The van der Waals surface area contributed by atoms with Gasteiger partial charge in [0.25, 0.3) is 0 Å². The van der Waals surface area contributed by atoms with Crippen LogP contribution < -0.4 is 10.6 Å². The SMILES string of the molecule is CCNC(=NCC1CCCN1CC)NCCCC(=O)OCC.I. The van der Waals surface area contributed by atoms with Gasteiger partial charge in [0, 0.05) is 25.6 Å². The molecular formula is C16H33IN4O2. The summed E-state index contributed by atoms with van der Waals surface area (Å²) in [6.07, 6.45) is 3.72. The number of guanidine groups is 1. The molecule has 0 saturated carbocycles. The fourth-order valence-electron chi connectivity index (χ4n) is 2.73. The molecule has 0 radical (unpaired) electrons. The van der Waals surface area contributed by atoms with Gasteiger partial charge in [-0.25, -0.2) is 0 Å². The van der Waals surface area contributed by atoms with Crippen LogP contribution in [0.15, 0.2) is 4.99 Å². The average molecular weight is 440 g/mol. The zero-order valence-corrected chi connectivity index (χ0v) is 17.1. The minimum atomic E-state index is -0.129. The lowest BCUT2D eigenvalue weighted by atomic mass is 10.2. The highest BCUT2D eigenvalue weighted by Crippen LogP contribution is 2.16. The van der Waals surface area contributed by atoms with Crippen molar-refractivity contribution in [2.75, 3.05) is 39.3 Å². The van der Waals surface area contributed by atoms with E-state index in [4.69, 9.17) is 4.74 Å². The minimum Gasteiger partial charge on any atom is -0.466 e. The Hall–Kier alpha value is -0.570. The maximum atomic E-state index is 11.3. The number of hydrogen-bond donors (Lipinski definition) is 2. The number of carbonyl (C=O) groups excluding carboxylic acids is 1. The summed E-state index contributed by atoms with van der Waals surface area (Å²) in [5.74, 6) is 0.713. The molecule has 7 heteroatoms. The van der Waals surface area contributed by atoms with Crippen LogP contribution in [0.5, 0.6) is 0 Å². The summed E-state index contributed by atoms with van der Waals surface area (Å²) in [7, 11) is 0. The number of hydrogen-bond acceptors (Lipinski definition) is 4. The van der Waals surface area contributed by atoms with Gasteiger partial charge >= 0.3 is 5.97 Å². The molecule has 1 atom stereocenters. The Morgan fingerprint density at radius 3 is 2.74 bits per heavy atom. The molecule has 23 heavy (non-hydrogen) atoms. The highest BCUT2D eigenvalue weighted by molar-refractivity contribution is 14.0. The molecule has 0 aliphatic carbocycles. The maximum Gasteiger partial charge on any atom is 0.305 e. The van der Waals surface area contributed by atoms with Gasteiger partial charge in [0.2, 0.25) is 0 Å². The zero-order chi connectivity index (χ0) is 16.2. The van der Waals surface area contributed by atoms with Gasteiger partial charge in [-0.2, -0.15) is 0 Å². The smallest absolute Gasteiger partial charge is 0.305 e. The van der Waals surface area contributed by atoms with Crippen molar-refractivity contribution >= 4 is 35.9 Å². The summed E-state index contributed by atoms with van der Waals surface area (Å²) < 4.78 is 4.92. The Balaban J connectivity index is 0.00000484. The summed E-state index contributed by atoms with van der Waals surface area (Å²) >= 11 is 0. The second-order valence-electron chi connectivity index (χ2n) is 5.48. The molecule has 136 valence electrons. The monoisotopic (exact) mass is 440 g/mol. The number of rotatable bonds is 9. The summed E-state index contributed by atoms with van der Waals surface area (Å²) in [5.41, 5.74) is 0. The van der Waals surface area contributed by atoms with Crippen molar-refractivity contribution in [3.8, 4) is 0 Å². The van der Waals surface area contributed by atoms with E-state index >= 15 is 0 Å². The van der Waals surface area contributed by atoms with Crippen LogP contribution in [0.1, 0.15) is 46.5 Å². The maximum absolute atomic E-state index is 11.3.